The molecule has 0 aromatic heterocycles. The molecule has 0 radical (unpaired) electrons. The highest BCUT2D eigenvalue weighted by molar-refractivity contribution is 5.78. The summed E-state index contributed by atoms with van der Waals surface area (Å²) in [6, 6.07) is 0.529. The van der Waals surface area contributed by atoms with Gasteiger partial charge in [0.05, 0.1) is 19.8 Å². The average Bonchev–Trinajstić information content (AvgIpc) is 2.41. The zero-order valence-corrected chi connectivity index (χ0v) is 11.7. The van der Waals surface area contributed by atoms with Gasteiger partial charge < -0.3 is 15.0 Å². The summed E-state index contributed by atoms with van der Waals surface area (Å²) in [7, 11) is 0. The van der Waals surface area contributed by atoms with Gasteiger partial charge in [-0.15, -0.1) is 0 Å². The molecule has 1 saturated heterocycles. The molecule has 4 heteroatoms. The lowest BCUT2D eigenvalue weighted by atomic mass is 9.79. The Hall–Kier alpha value is -0.610. The number of amides is 1. The standard InChI is InChI=1S/C14H26N2O2/c1-11-3-4-13(9-12(11)2)15-10-14(17)16-5-7-18-8-6-16/h11-13,15H,3-10H2,1-2H3. The number of hydrogen-bond acceptors (Lipinski definition) is 3. The number of ether oxygens (including phenoxy) is 1. The fourth-order valence-electron chi connectivity index (χ4n) is 2.89. The first-order valence-electron chi connectivity index (χ1n) is 7.25. The van der Waals surface area contributed by atoms with Crippen molar-refractivity contribution in [3.63, 3.8) is 0 Å². The molecular formula is C14H26N2O2. The molecule has 4 nitrogen and oxygen atoms in total. The third-order valence-electron chi connectivity index (χ3n) is 4.50. The van der Waals surface area contributed by atoms with E-state index < -0.39 is 0 Å². The van der Waals surface area contributed by atoms with Crippen LogP contribution in [-0.4, -0.2) is 49.7 Å². The molecule has 18 heavy (non-hydrogen) atoms. The van der Waals surface area contributed by atoms with Crippen molar-refractivity contribution in [1.82, 2.24) is 10.2 Å². The van der Waals surface area contributed by atoms with Crippen LogP contribution in [0.1, 0.15) is 33.1 Å². The fourth-order valence-corrected chi connectivity index (χ4v) is 2.89. The normalized spacial score (nSPS) is 33.4. The summed E-state index contributed by atoms with van der Waals surface area (Å²) in [5.74, 6) is 1.83. The fraction of sp³-hybridized carbons (Fsp3) is 0.929. The van der Waals surface area contributed by atoms with Gasteiger partial charge in [-0.3, -0.25) is 4.79 Å². The lowest BCUT2D eigenvalue weighted by molar-refractivity contribution is -0.134. The summed E-state index contributed by atoms with van der Waals surface area (Å²) in [5.41, 5.74) is 0. The Morgan fingerprint density at radius 1 is 1.22 bits per heavy atom. The van der Waals surface area contributed by atoms with E-state index in [4.69, 9.17) is 4.74 Å². The van der Waals surface area contributed by atoms with Crippen LogP contribution >= 0.6 is 0 Å². The van der Waals surface area contributed by atoms with Gasteiger partial charge >= 0.3 is 0 Å². The Balaban J connectivity index is 1.69. The van der Waals surface area contributed by atoms with Crippen molar-refractivity contribution in [2.75, 3.05) is 32.8 Å². The van der Waals surface area contributed by atoms with Gasteiger partial charge in [-0.1, -0.05) is 13.8 Å². The third kappa shape index (κ3) is 3.69. The number of nitrogens with zero attached hydrogens (tertiary/aromatic N) is 1. The van der Waals surface area contributed by atoms with E-state index >= 15 is 0 Å². The van der Waals surface area contributed by atoms with Gasteiger partial charge in [0.2, 0.25) is 5.91 Å². The Morgan fingerprint density at radius 3 is 2.61 bits per heavy atom. The van der Waals surface area contributed by atoms with Crippen molar-refractivity contribution in [2.45, 2.75) is 39.2 Å². The molecule has 0 aromatic carbocycles. The van der Waals surface area contributed by atoms with Crippen LogP contribution in [0.25, 0.3) is 0 Å². The number of carbonyl (C=O) groups excluding carboxylic acids is 1. The molecular weight excluding hydrogens is 228 g/mol. The summed E-state index contributed by atoms with van der Waals surface area (Å²) >= 11 is 0. The van der Waals surface area contributed by atoms with Gasteiger partial charge in [-0.25, -0.2) is 0 Å². The van der Waals surface area contributed by atoms with Crippen molar-refractivity contribution < 1.29 is 9.53 Å². The average molecular weight is 254 g/mol. The molecule has 2 aliphatic rings. The van der Waals surface area contributed by atoms with E-state index in [1.807, 2.05) is 4.90 Å². The molecule has 0 spiro atoms. The number of rotatable bonds is 3. The highest BCUT2D eigenvalue weighted by Gasteiger charge is 2.25. The molecule has 1 aliphatic heterocycles. The van der Waals surface area contributed by atoms with Crippen LogP contribution in [0.4, 0.5) is 0 Å². The van der Waals surface area contributed by atoms with Crippen LogP contribution in [-0.2, 0) is 9.53 Å². The zero-order chi connectivity index (χ0) is 13.0. The predicted octanol–water partition coefficient (Wildman–Crippen LogP) is 1.26. The smallest absolute Gasteiger partial charge is 0.236 e. The summed E-state index contributed by atoms with van der Waals surface area (Å²) in [4.78, 5) is 13.9. The van der Waals surface area contributed by atoms with E-state index in [1.165, 1.54) is 19.3 Å². The molecule has 1 heterocycles. The molecule has 1 saturated carbocycles. The van der Waals surface area contributed by atoms with Gasteiger partial charge in [-0.05, 0) is 31.1 Å². The molecule has 0 bridgehead atoms. The van der Waals surface area contributed by atoms with Gasteiger partial charge in [0.1, 0.15) is 0 Å². The number of morpholine rings is 1. The van der Waals surface area contributed by atoms with E-state index in [-0.39, 0.29) is 5.91 Å². The first-order chi connectivity index (χ1) is 8.66. The molecule has 1 amide bonds. The molecule has 0 aromatic rings. The van der Waals surface area contributed by atoms with E-state index in [9.17, 15) is 4.79 Å². The SMILES string of the molecule is CC1CCC(NCC(=O)N2CCOCC2)CC1C. The second-order valence-corrected chi connectivity index (χ2v) is 5.84. The van der Waals surface area contributed by atoms with E-state index in [1.54, 1.807) is 0 Å². The largest absolute Gasteiger partial charge is 0.378 e. The van der Waals surface area contributed by atoms with Crippen molar-refractivity contribution in [2.24, 2.45) is 11.8 Å². The molecule has 2 rings (SSSR count). The lowest BCUT2D eigenvalue weighted by Crippen LogP contribution is -2.47. The van der Waals surface area contributed by atoms with Crippen LogP contribution in [0.5, 0.6) is 0 Å². The molecule has 104 valence electrons. The second kappa shape index (κ2) is 6.53. The Kier molecular flexibility index (Phi) is 5.01. The molecule has 3 unspecified atom stereocenters. The maximum Gasteiger partial charge on any atom is 0.236 e. The third-order valence-corrected chi connectivity index (χ3v) is 4.50. The quantitative estimate of drug-likeness (QED) is 0.824. The lowest BCUT2D eigenvalue weighted by Gasteiger charge is -2.33. The summed E-state index contributed by atoms with van der Waals surface area (Å²) < 4.78 is 5.26. The zero-order valence-electron chi connectivity index (χ0n) is 11.7. The summed E-state index contributed by atoms with van der Waals surface area (Å²) in [5, 5.41) is 3.44. The monoisotopic (exact) mass is 254 g/mol. The van der Waals surface area contributed by atoms with Gasteiger partial charge in [-0.2, -0.15) is 0 Å². The highest BCUT2D eigenvalue weighted by Crippen LogP contribution is 2.29. The molecule has 1 aliphatic carbocycles. The van der Waals surface area contributed by atoms with Gasteiger partial charge in [0, 0.05) is 19.1 Å². The Labute approximate surface area is 110 Å². The predicted molar refractivity (Wildman–Crippen MR) is 71.4 cm³/mol. The van der Waals surface area contributed by atoms with Crippen molar-refractivity contribution >= 4 is 5.91 Å². The first-order valence-corrected chi connectivity index (χ1v) is 7.25. The highest BCUT2D eigenvalue weighted by atomic mass is 16.5. The van der Waals surface area contributed by atoms with Crippen LogP contribution in [0.3, 0.4) is 0 Å². The number of hydrogen-bond donors (Lipinski definition) is 1. The summed E-state index contributed by atoms with van der Waals surface area (Å²) in [6.45, 7) is 8.01. The van der Waals surface area contributed by atoms with Crippen LogP contribution < -0.4 is 5.32 Å². The van der Waals surface area contributed by atoms with Crippen LogP contribution in [0, 0.1) is 11.8 Å². The second-order valence-electron chi connectivity index (χ2n) is 5.84. The van der Waals surface area contributed by atoms with E-state index in [0.29, 0.717) is 25.8 Å². The maximum absolute atomic E-state index is 12.0. The van der Waals surface area contributed by atoms with Crippen LogP contribution in [0.15, 0.2) is 0 Å². The molecule has 2 fully saturated rings. The first kappa shape index (κ1) is 13.8. The van der Waals surface area contributed by atoms with Gasteiger partial charge in [0.15, 0.2) is 0 Å². The molecule has 3 atom stereocenters. The van der Waals surface area contributed by atoms with Crippen molar-refractivity contribution in [3.8, 4) is 0 Å². The van der Waals surface area contributed by atoms with Crippen molar-refractivity contribution in [3.05, 3.63) is 0 Å². The number of nitrogens with one attached hydrogen (secondary N) is 1. The number of carbonyl (C=O) groups is 1. The van der Waals surface area contributed by atoms with Gasteiger partial charge in [0.25, 0.3) is 0 Å². The minimum absolute atomic E-state index is 0.226. The van der Waals surface area contributed by atoms with Crippen LogP contribution in [0.2, 0.25) is 0 Å². The molecule has 1 N–H and O–H groups in total. The van der Waals surface area contributed by atoms with E-state index in [0.717, 1.165) is 24.9 Å². The maximum atomic E-state index is 12.0. The summed E-state index contributed by atoms with van der Waals surface area (Å²) in [6.07, 6.45) is 3.70. The minimum atomic E-state index is 0.226. The van der Waals surface area contributed by atoms with Crippen molar-refractivity contribution in [1.29, 1.82) is 0 Å². The minimum Gasteiger partial charge on any atom is -0.378 e. The Morgan fingerprint density at radius 2 is 1.94 bits per heavy atom. The topological polar surface area (TPSA) is 41.6 Å². The van der Waals surface area contributed by atoms with E-state index in [2.05, 4.69) is 19.2 Å². The Bertz CT molecular complexity index is 277.